The summed E-state index contributed by atoms with van der Waals surface area (Å²) >= 11 is 1.45. The number of carboxylic acids is 1. The quantitative estimate of drug-likeness (QED) is 0.0956. The molecular formula is C40H48N4O7S2. The number of nitrogens with one attached hydrogen (secondary N) is 3. The standard InChI is InChI=1S/C40H48N4O7S2/c1-40(2,3)52-25-34(43-39(48)51-24-32-28-16-8-6-14-26(28)27-15-7-9-17-29(27)32)37(45)42-33(38(46)47)20-10-11-23-41-53(49,50)36-22-13-18-30-31(36)19-12-21-35(30)44(4)5/h6-9,12-19,21-22,32-34,41H,10-11,20,23-25H2,1-5H3,(H,42,45)(H,43,48)(H,46,47)/t33-,34-/m0/s1. The fourth-order valence-electron chi connectivity index (χ4n) is 6.47. The van der Waals surface area contributed by atoms with Gasteiger partial charge < -0.3 is 25.4 Å². The molecule has 5 rings (SSSR count). The summed E-state index contributed by atoms with van der Waals surface area (Å²) in [6, 6.07) is 24.3. The molecule has 0 radical (unpaired) electrons. The lowest BCUT2D eigenvalue weighted by Gasteiger charge is -2.25. The number of carboxylic acid groups (broad SMARTS) is 1. The summed E-state index contributed by atoms with van der Waals surface area (Å²) in [6.45, 7) is 6.10. The Balaban J connectivity index is 1.16. The lowest BCUT2D eigenvalue weighted by atomic mass is 9.98. The van der Waals surface area contributed by atoms with Crippen molar-refractivity contribution < 1.29 is 32.6 Å². The van der Waals surface area contributed by atoms with Crippen molar-refractivity contribution in [1.29, 1.82) is 0 Å². The number of hydrogen-bond donors (Lipinski definition) is 4. The van der Waals surface area contributed by atoms with Crippen LogP contribution in [0.25, 0.3) is 21.9 Å². The number of carbonyl (C=O) groups excluding carboxylic acids is 2. The van der Waals surface area contributed by atoms with Crippen LogP contribution < -0.4 is 20.3 Å². The van der Waals surface area contributed by atoms with E-state index in [4.69, 9.17) is 4.74 Å². The van der Waals surface area contributed by atoms with Gasteiger partial charge in [0, 0.05) is 53.5 Å². The maximum absolute atomic E-state index is 13.5. The van der Waals surface area contributed by atoms with Crippen molar-refractivity contribution in [2.45, 2.75) is 67.7 Å². The predicted octanol–water partition coefficient (Wildman–Crippen LogP) is 6.36. The van der Waals surface area contributed by atoms with Gasteiger partial charge in [0.15, 0.2) is 0 Å². The van der Waals surface area contributed by atoms with Crippen LogP contribution in [0, 0.1) is 0 Å². The minimum Gasteiger partial charge on any atom is -0.480 e. The van der Waals surface area contributed by atoms with Crippen LogP contribution >= 0.6 is 11.8 Å². The normalized spacial score (nSPS) is 13.8. The molecule has 53 heavy (non-hydrogen) atoms. The van der Waals surface area contributed by atoms with E-state index >= 15 is 0 Å². The molecular weight excluding hydrogens is 713 g/mol. The number of thioether (sulfide) groups is 1. The van der Waals surface area contributed by atoms with Crippen LogP contribution in [0.15, 0.2) is 89.8 Å². The smallest absolute Gasteiger partial charge is 0.407 e. The van der Waals surface area contributed by atoms with Gasteiger partial charge >= 0.3 is 12.1 Å². The SMILES string of the molecule is CN(C)c1cccc2c(S(=O)(=O)NCCCC[C@H](NC(=O)[C@H](CSC(C)(C)C)NC(=O)OCC3c4ccccc4-c4ccccc43)C(=O)O)cccc12. The maximum Gasteiger partial charge on any atom is 0.407 e. The molecule has 0 fully saturated rings. The number of amides is 2. The molecule has 1 aliphatic carbocycles. The third-order valence-electron chi connectivity index (χ3n) is 9.09. The third kappa shape index (κ3) is 9.89. The minimum absolute atomic E-state index is 0.0628. The number of rotatable bonds is 16. The van der Waals surface area contributed by atoms with Gasteiger partial charge in [0.05, 0.1) is 4.90 Å². The van der Waals surface area contributed by atoms with E-state index in [-0.39, 0.29) is 40.9 Å². The monoisotopic (exact) mass is 760 g/mol. The Bertz CT molecular complexity index is 2020. The first kappa shape index (κ1) is 39.6. The maximum atomic E-state index is 13.5. The Labute approximate surface area is 315 Å². The average Bonchev–Trinajstić information content (AvgIpc) is 3.44. The van der Waals surface area contributed by atoms with Crippen LogP contribution in [-0.2, 0) is 24.3 Å². The van der Waals surface area contributed by atoms with E-state index in [0.717, 1.165) is 33.3 Å². The number of fused-ring (bicyclic) bond motifs is 4. The highest BCUT2D eigenvalue weighted by atomic mass is 32.2. The molecule has 0 spiro atoms. The lowest BCUT2D eigenvalue weighted by molar-refractivity contribution is -0.142. The third-order valence-corrected chi connectivity index (χ3v) is 12.0. The van der Waals surface area contributed by atoms with Crippen LogP contribution in [0.1, 0.15) is 57.1 Å². The minimum atomic E-state index is -3.86. The number of sulfonamides is 1. The van der Waals surface area contributed by atoms with Gasteiger partial charge in [-0.15, -0.1) is 0 Å². The van der Waals surface area contributed by atoms with E-state index in [0.29, 0.717) is 18.2 Å². The van der Waals surface area contributed by atoms with Gasteiger partial charge in [-0.2, -0.15) is 11.8 Å². The van der Waals surface area contributed by atoms with Gasteiger partial charge in [-0.05, 0) is 53.6 Å². The summed E-state index contributed by atoms with van der Waals surface area (Å²) in [7, 11) is -0.0635. The fourth-order valence-corrected chi connectivity index (χ4v) is 8.67. The number of benzene rings is 4. The number of carbonyl (C=O) groups is 3. The molecule has 4 aromatic rings. The average molecular weight is 761 g/mol. The summed E-state index contributed by atoms with van der Waals surface area (Å²) in [5, 5.41) is 16.6. The van der Waals surface area contributed by atoms with Crippen LogP contribution in [0.2, 0.25) is 0 Å². The van der Waals surface area contributed by atoms with Gasteiger partial charge in [-0.1, -0.05) is 93.6 Å². The van der Waals surface area contributed by atoms with Crippen LogP contribution in [0.4, 0.5) is 10.5 Å². The Morgan fingerprint density at radius 2 is 1.45 bits per heavy atom. The Hall–Kier alpha value is -4.59. The second-order valence-corrected chi connectivity index (χ2v) is 17.8. The van der Waals surface area contributed by atoms with E-state index < -0.39 is 40.1 Å². The second kappa shape index (κ2) is 17.0. The zero-order chi connectivity index (χ0) is 38.3. The molecule has 0 saturated heterocycles. The summed E-state index contributed by atoms with van der Waals surface area (Å²) < 4.78 is 34.6. The van der Waals surface area contributed by atoms with Gasteiger partial charge in [0.2, 0.25) is 15.9 Å². The molecule has 1 aliphatic rings. The molecule has 11 nitrogen and oxygen atoms in total. The number of alkyl carbamates (subject to hydrolysis) is 1. The number of hydrogen-bond acceptors (Lipinski definition) is 8. The zero-order valence-corrected chi connectivity index (χ0v) is 32.4. The van der Waals surface area contributed by atoms with Crippen molar-refractivity contribution in [3.8, 4) is 11.1 Å². The summed E-state index contributed by atoms with van der Waals surface area (Å²) in [4.78, 5) is 40.9. The van der Waals surface area contributed by atoms with Crippen LogP contribution in [0.3, 0.4) is 0 Å². The molecule has 0 aromatic heterocycles. The van der Waals surface area contributed by atoms with Gasteiger partial charge in [-0.3, -0.25) is 4.79 Å². The summed E-state index contributed by atoms with van der Waals surface area (Å²) in [6.07, 6.45) is -0.0486. The van der Waals surface area contributed by atoms with Gasteiger partial charge in [0.25, 0.3) is 0 Å². The van der Waals surface area contributed by atoms with Crippen molar-refractivity contribution in [3.63, 3.8) is 0 Å². The van der Waals surface area contributed by atoms with Crippen LogP contribution in [0.5, 0.6) is 0 Å². The largest absolute Gasteiger partial charge is 0.480 e. The highest BCUT2D eigenvalue weighted by molar-refractivity contribution is 8.00. The van der Waals surface area contributed by atoms with E-state index in [1.54, 1.807) is 18.2 Å². The van der Waals surface area contributed by atoms with Crippen molar-refractivity contribution in [1.82, 2.24) is 15.4 Å². The number of anilines is 1. The second-order valence-electron chi connectivity index (χ2n) is 14.3. The molecule has 2 atom stereocenters. The fraction of sp³-hybridized carbons (Fsp3) is 0.375. The van der Waals surface area contributed by atoms with Gasteiger partial charge in [-0.25, -0.2) is 22.7 Å². The number of aliphatic carboxylic acids is 1. The molecule has 0 saturated carbocycles. The molecule has 0 unspecified atom stereocenters. The zero-order valence-electron chi connectivity index (χ0n) is 30.7. The topological polar surface area (TPSA) is 154 Å². The van der Waals surface area contributed by atoms with Crippen molar-refractivity contribution in [2.75, 3.05) is 37.9 Å². The molecule has 4 aromatic carbocycles. The van der Waals surface area contributed by atoms with Crippen LogP contribution in [-0.4, -0.2) is 81.3 Å². The molecule has 0 bridgehead atoms. The molecule has 13 heteroatoms. The van der Waals surface area contributed by atoms with Gasteiger partial charge in [0.1, 0.15) is 18.7 Å². The van der Waals surface area contributed by atoms with E-state index in [2.05, 4.69) is 15.4 Å². The number of ether oxygens (including phenoxy) is 1. The Morgan fingerprint density at radius 3 is 2.08 bits per heavy atom. The van der Waals surface area contributed by atoms with Crippen molar-refractivity contribution >= 4 is 56.2 Å². The first-order valence-electron chi connectivity index (χ1n) is 17.6. The molecule has 0 aliphatic heterocycles. The number of nitrogens with zero attached hydrogens (tertiary/aromatic N) is 1. The first-order valence-corrected chi connectivity index (χ1v) is 20.1. The molecule has 4 N–H and O–H groups in total. The number of unbranched alkanes of at least 4 members (excludes halogenated alkanes) is 1. The Kier molecular flexibility index (Phi) is 12.7. The summed E-state index contributed by atoms with van der Waals surface area (Å²) in [5.74, 6) is -1.84. The van der Waals surface area contributed by atoms with Crippen molar-refractivity contribution in [3.05, 3.63) is 96.1 Å². The van der Waals surface area contributed by atoms with E-state index in [9.17, 15) is 27.9 Å². The highest BCUT2D eigenvalue weighted by Gasteiger charge is 2.31. The lowest BCUT2D eigenvalue weighted by Crippen LogP contribution is -2.53. The first-order chi connectivity index (χ1) is 25.2. The molecule has 0 heterocycles. The molecule has 2 amide bonds. The van der Waals surface area contributed by atoms with E-state index in [1.807, 2.05) is 106 Å². The van der Waals surface area contributed by atoms with E-state index in [1.165, 1.54) is 11.8 Å². The Morgan fingerprint density at radius 1 is 0.830 bits per heavy atom. The summed E-state index contributed by atoms with van der Waals surface area (Å²) in [5.41, 5.74) is 5.20. The predicted molar refractivity (Wildman–Crippen MR) is 211 cm³/mol. The van der Waals surface area contributed by atoms with Crippen molar-refractivity contribution in [2.24, 2.45) is 0 Å². The highest BCUT2D eigenvalue weighted by Crippen LogP contribution is 2.44. The molecule has 282 valence electrons.